The van der Waals surface area contributed by atoms with E-state index in [0.717, 1.165) is 5.56 Å². The lowest BCUT2D eigenvalue weighted by molar-refractivity contribution is 0.0695. The standard InChI is InChI=1S/C13H19NO3/c1-8(2)9-6-11(13(15)16)10(4-5-17-3)12(14)7-9/h6-8H,4-5,14H2,1-3H3,(H,15,16). The zero-order valence-corrected chi connectivity index (χ0v) is 10.5. The van der Waals surface area contributed by atoms with Gasteiger partial charge in [0.2, 0.25) is 0 Å². The number of nitrogens with two attached hydrogens (primary N) is 1. The molecule has 0 atom stereocenters. The molecule has 0 amide bonds. The summed E-state index contributed by atoms with van der Waals surface area (Å²) in [6.45, 7) is 4.48. The maximum absolute atomic E-state index is 11.2. The van der Waals surface area contributed by atoms with Crippen molar-refractivity contribution in [2.75, 3.05) is 19.5 Å². The van der Waals surface area contributed by atoms with Crippen molar-refractivity contribution in [1.29, 1.82) is 0 Å². The van der Waals surface area contributed by atoms with Gasteiger partial charge in [0.25, 0.3) is 0 Å². The molecule has 0 saturated carbocycles. The molecule has 0 aliphatic rings. The molecule has 1 aromatic rings. The Morgan fingerprint density at radius 3 is 2.59 bits per heavy atom. The summed E-state index contributed by atoms with van der Waals surface area (Å²) in [6.07, 6.45) is 0.516. The Kier molecular flexibility index (Phi) is 4.52. The fraction of sp³-hybridized carbons (Fsp3) is 0.462. The number of rotatable bonds is 5. The van der Waals surface area contributed by atoms with Crippen molar-refractivity contribution in [2.45, 2.75) is 26.2 Å². The predicted octanol–water partition coefficient (Wildman–Crippen LogP) is 2.28. The second-order valence-electron chi connectivity index (χ2n) is 4.34. The van der Waals surface area contributed by atoms with Crippen LogP contribution < -0.4 is 5.73 Å². The van der Waals surface area contributed by atoms with Gasteiger partial charge in [0, 0.05) is 12.8 Å². The minimum absolute atomic E-state index is 0.256. The molecule has 0 radical (unpaired) electrons. The molecule has 0 aliphatic carbocycles. The first kappa shape index (κ1) is 13.5. The van der Waals surface area contributed by atoms with E-state index in [0.29, 0.717) is 24.3 Å². The molecule has 1 aromatic carbocycles. The maximum Gasteiger partial charge on any atom is 0.336 e. The fourth-order valence-electron chi connectivity index (χ4n) is 1.72. The van der Waals surface area contributed by atoms with Gasteiger partial charge in [-0.25, -0.2) is 4.79 Å². The Labute approximate surface area is 101 Å². The molecule has 1 rings (SSSR count). The summed E-state index contributed by atoms with van der Waals surface area (Å²) in [7, 11) is 1.58. The molecule has 0 bridgehead atoms. The van der Waals surface area contributed by atoms with Gasteiger partial charge < -0.3 is 15.6 Å². The Balaban J connectivity index is 3.23. The summed E-state index contributed by atoms with van der Waals surface area (Å²) in [5.41, 5.74) is 8.34. The Morgan fingerprint density at radius 2 is 2.12 bits per heavy atom. The van der Waals surface area contributed by atoms with Crippen molar-refractivity contribution in [3.8, 4) is 0 Å². The highest BCUT2D eigenvalue weighted by Crippen LogP contribution is 2.25. The van der Waals surface area contributed by atoms with Crippen LogP contribution in [0.3, 0.4) is 0 Å². The van der Waals surface area contributed by atoms with Crippen LogP contribution in [0.15, 0.2) is 12.1 Å². The van der Waals surface area contributed by atoms with Gasteiger partial charge in [-0.15, -0.1) is 0 Å². The highest BCUT2D eigenvalue weighted by molar-refractivity contribution is 5.91. The van der Waals surface area contributed by atoms with E-state index in [9.17, 15) is 9.90 Å². The Hall–Kier alpha value is -1.55. The highest BCUT2D eigenvalue weighted by atomic mass is 16.5. The van der Waals surface area contributed by atoms with Gasteiger partial charge in [-0.05, 0) is 35.6 Å². The number of ether oxygens (including phenoxy) is 1. The molecule has 0 unspecified atom stereocenters. The second kappa shape index (κ2) is 5.68. The zero-order valence-electron chi connectivity index (χ0n) is 10.5. The minimum Gasteiger partial charge on any atom is -0.478 e. The summed E-state index contributed by atoms with van der Waals surface area (Å²) in [4.78, 5) is 11.2. The number of hydrogen-bond donors (Lipinski definition) is 2. The largest absolute Gasteiger partial charge is 0.478 e. The number of benzene rings is 1. The first-order valence-corrected chi connectivity index (χ1v) is 5.61. The van der Waals surface area contributed by atoms with Crippen LogP contribution in [-0.2, 0) is 11.2 Å². The summed E-state index contributed by atoms with van der Waals surface area (Å²) in [6, 6.07) is 3.55. The molecule has 0 heterocycles. The van der Waals surface area contributed by atoms with Crippen molar-refractivity contribution in [3.63, 3.8) is 0 Å². The van der Waals surface area contributed by atoms with E-state index in [-0.39, 0.29) is 11.5 Å². The molecule has 94 valence electrons. The number of carboxylic acid groups (broad SMARTS) is 1. The zero-order chi connectivity index (χ0) is 13.0. The van der Waals surface area contributed by atoms with E-state index in [1.807, 2.05) is 19.9 Å². The molecule has 17 heavy (non-hydrogen) atoms. The van der Waals surface area contributed by atoms with Crippen LogP contribution in [0, 0.1) is 0 Å². The molecule has 4 heteroatoms. The van der Waals surface area contributed by atoms with Crippen molar-refractivity contribution in [2.24, 2.45) is 0 Å². The lowest BCUT2D eigenvalue weighted by Gasteiger charge is -2.14. The number of hydrogen-bond acceptors (Lipinski definition) is 3. The van der Waals surface area contributed by atoms with Gasteiger partial charge in [0.1, 0.15) is 0 Å². The topological polar surface area (TPSA) is 72.5 Å². The van der Waals surface area contributed by atoms with Crippen molar-refractivity contribution >= 4 is 11.7 Å². The van der Waals surface area contributed by atoms with Gasteiger partial charge >= 0.3 is 5.97 Å². The summed E-state index contributed by atoms with van der Waals surface area (Å²) in [5.74, 6) is -0.683. The van der Waals surface area contributed by atoms with Crippen LogP contribution in [0.4, 0.5) is 5.69 Å². The molecule has 0 aromatic heterocycles. The van der Waals surface area contributed by atoms with E-state index >= 15 is 0 Å². The van der Waals surface area contributed by atoms with Gasteiger partial charge in [-0.3, -0.25) is 0 Å². The first-order chi connectivity index (χ1) is 7.97. The van der Waals surface area contributed by atoms with Crippen LogP contribution in [0.25, 0.3) is 0 Å². The highest BCUT2D eigenvalue weighted by Gasteiger charge is 2.15. The monoisotopic (exact) mass is 237 g/mol. The first-order valence-electron chi connectivity index (χ1n) is 5.61. The SMILES string of the molecule is COCCc1c(N)cc(C(C)C)cc1C(=O)O. The molecular weight excluding hydrogens is 218 g/mol. The molecule has 0 aliphatic heterocycles. The Morgan fingerprint density at radius 1 is 1.47 bits per heavy atom. The molecule has 0 fully saturated rings. The maximum atomic E-state index is 11.2. The average molecular weight is 237 g/mol. The van der Waals surface area contributed by atoms with E-state index in [1.165, 1.54) is 0 Å². The predicted molar refractivity (Wildman–Crippen MR) is 67.5 cm³/mol. The van der Waals surface area contributed by atoms with E-state index in [2.05, 4.69) is 0 Å². The van der Waals surface area contributed by atoms with Crippen molar-refractivity contribution in [3.05, 3.63) is 28.8 Å². The van der Waals surface area contributed by atoms with E-state index in [4.69, 9.17) is 10.5 Å². The number of nitrogen functional groups attached to an aromatic ring is 1. The quantitative estimate of drug-likeness (QED) is 0.770. The molecule has 3 N–H and O–H groups in total. The summed E-state index contributed by atoms with van der Waals surface area (Å²) < 4.78 is 4.96. The van der Waals surface area contributed by atoms with Crippen LogP contribution >= 0.6 is 0 Å². The van der Waals surface area contributed by atoms with Crippen LogP contribution in [-0.4, -0.2) is 24.8 Å². The molecular formula is C13H19NO3. The third kappa shape index (κ3) is 3.20. The van der Waals surface area contributed by atoms with Gasteiger partial charge in [-0.1, -0.05) is 13.8 Å². The molecule has 4 nitrogen and oxygen atoms in total. The summed E-state index contributed by atoms with van der Waals surface area (Å²) in [5, 5.41) is 9.20. The van der Waals surface area contributed by atoms with Crippen molar-refractivity contribution < 1.29 is 14.6 Å². The van der Waals surface area contributed by atoms with Crippen LogP contribution in [0.1, 0.15) is 41.3 Å². The summed E-state index contributed by atoms with van der Waals surface area (Å²) >= 11 is 0. The lowest BCUT2D eigenvalue weighted by atomic mass is 9.94. The van der Waals surface area contributed by atoms with Gasteiger partial charge in [-0.2, -0.15) is 0 Å². The van der Waals surface area contributed by atoms with E-state index in [1.54, 1.807) is 13.2 Å². The van der Waals surface area contributed by atoms with Gasteiger partial charge in [0.05, 0.1) is 12.2 Å². The number of carbonyl (C=O) groups is 1. The number of methoxy groups -OCH3 is 1. The average Bonchev–Trinajstić information content (AvgIpc) is 2.26. The number of anilines is 1. The Bertz CT molecular complexity index is 413. The number of carboxylic acids is 1. The molecule has 0 spiro atoms. The third-order valence-electron chi connectivity index (χ3n) is 2.76. The van der Waals surface area contributed by atoms with E-state index < -0.39 is 5.97 Å². The lowest BCUT2D eigenvalue weighted by Crippen LogP contribution is -2.10. The van der Waals surface area contributed by atoms with Crippen molar-refractivity contribution in [1.82, 2.24) is 0 Å². The fourth-order valence-corrected chi connectivity index (χ4v) is 1.72. The smallest absolute Gasteiger partial charge is 0.336 e. The van der Waals surface area contributed by atoms with Crippen LogP contribution in [0.5, 0.6) is 0 Å². The van der Waals surface area contributed by atoms with Gasteiger partial charge in [0.15, 0.2) is 0 Å². The normalized spacial score (nSPS) is 10.8. The minimum atomic E-state index is -0.940. The third-order valence-corrected chi connectivity index (χ3v) is 2.76. The number of aromatic carboxylic acids is 1. The van der Waals surface area contributed by atoms with Crippen LogP contribution in [0.2, 0.25) is 0 Å². The molecule has 0 saturated heterocycles. The second-order valence-corrected chi connectivity index (χ2v) is 4.34.